The Morgan fingerprint density at radius 1 is 1.43 bits per heavy atom. The summed E-state index contributed by atoms with van der Waals surface area (Å²) >= 11 is 3.37. The summed E-state index contributed by atoms with van der Waals surface area (Å²) in [6.45, 7) is 3.32. The van der Waals surface area contributed by atoms with E-state index in [1.54, 1.807) is 6.92 Å². The second-order valence-corrected chi connectivity index (χ2v) is 6.70. The Morgan fingerprint density at radius 2 is 2.14 bits per heavy atom. The molecule has 0 spiro atoms. The Bertz CT molecular complexity index is 427. The molecule has 1 aromatic carbocycles. The lowest BCUT2D eigenvalue weighted by atomic mass is 10.1. The summed E-state index contributed by atoms with van der Waals surface area (Å²) < 4.78 is 6.44. The largest absolute Gasteiger partial charge is 0.491 e. The SMILES string of the molecule is CN(C)CC(C)(O)CNCC(O)COc1cccc(Br)c1. The molecule has 3 N–H and O–H groups in total. The van der Waals surface area contributed by atoms with Gasteiger partial charge in [0.15, 0.2) is 0 Å². The molecule has 0 amide bonds. The van der Waals surface area contributed by atoms with Gasteiger partial charge in [0.2, 0.25) is 0 Å². The second kappa shape index (κ2) is 8.70. The third-order valence-electron chi connectivity index (χ3n) is 2.78. The topological polar surface area (TPSA) is 65.0 Å². The molecule has 0 radical (unpaired) electrons. The lowest BCUT2D eigenvalue weighted by Gasteiger charge is -2.27. The smallest absolute Gasteiger partial charge is 0.120 e. The molecule has 1 aromatic rings. The molecule has 0 bridgehead atoms. The van der Waals surface area contributed by atoms with Crippen LogP contribution in [0.4, 0.5) is 0 Å². The summed E-state index contributed by atoms with van der Waals surface area (Å²) in [5, 5.41) is 23.0. The van der Waals surface area contributed by atoms with E-state index < -0.39 is 11.7 Å². The van der Waals surface area contributed by atoms with E-state index >= 15 is 0 Å². The fourth-order valence-corrected chi connectivity index (χ4v) is 2.43. The molecule has 1 rings (SSSR count). The van der Waals surface area contributed by atoms with Gasteiger partial charge in [0.05, 0.1) is 5.60 Å². The molecule has 21 heavy (non-hydrogen) atoms. The number of hydrogen-bond donors (Lipinski definition) is 3. The predicted molar refractivity (Wildman–Crippen MR) is 87.7 cm³/mol. The quantitative estimate of drug-likeness (QED) is 0.615. The van der Waals surface area contributed by atoms with Crippen LogP contribution in [0.15, 0.2) is 28.7 Å². The Morgan fingerprint density at radius 3 is 2.76 bits per heavy atom. The molecule has 6 heteroatoms. The van der Waals surface area contributed by atoms with E-state index in [1.807, 2.05) is 43.3 Å². The highest BCUT2D eigenvalue weighted by atomic mass is 79.9. The Labute approximate surface area is 135 Å². The molecule has 0 aromatic heterocycles. The number of benzene rings is 1. The minimum atomic E-state index is -0.825. The lowest BCUT2D eigenvalue weighted by molar-refractivity contribution is 0.0286. The number of aliphatic hydroxyl groups excluding tert-OH is 1. The zero-order valence-electron chi connectivity index (χ0n) is 12.8. The molecule has 0 heterocycles. The third-order valence-corrected chi connectivity index (χ3v) is 3.27. The molecular formula is C15H25BrN2O3. The molecule has 0 aliphatic rings. The highest BCUT2D eigenvalue weighted by molar-refractivity contribution is 9.10. The van der Waals surface area contributed by atoms with Crippen LogP contribution < -0.4 is 10.1 Å². The fourth-order valence-electron chi connectivity index (χ4n) is 2.05. The van der Waals surface area contributed by atoms with E-state index in [0.29, 0.717) is 25.4 Å². The average molecular weight is 361 g/mol. The van der Waals surface area contributed by atoms with Crippen LogP contribution in [0, 0.1) is 0 Å². The van der Waals surface area contributed by atoms with Crippen molar-refractivity contribution in [1.29, 1.82) is 0 Å². The summed E-state index contributed by atoms with van der Waals surface area (Å²) in [5.74, 6) is 0.711. The van der Waals surface area contributed by atoms with E-state index in [2.05, 4.69) is 21.2 Å². The Kier molecular flexibility index (Phi) is 7.62. The van der Waals surface area contributed by atoms with Gasteiger partial charge in [0.1, 0.15) is 18.5 Å². The summed E-state index contributed by atoms with van der Waals surface area (Å²) in [6.07, 6.45) is -0.626. The lowest BCUT2D eigenvalue weighted by Crippen LogP contribution is -2.47. The first kappa shape index (κ1) is 18.4. The van der Waals surface area contributed by atoms with E-state index in [4.69, 9.17) is 4.74 Å². The number of aliphatic hydroxyl groups is 2. The molecule has 0 aliphatic carbocycles. The first-order valence-electron chi connectivity index (χ1n) is 6.93. The summed E-state index contributed by atoms with van der Waals surface area (Å²) in [5.41, 5.74) is -0.825. The van der Waals surface area contributed by atoms with Gasteiger partial charge in [0.25, 0.3) is 0 Å². The van der Waals surface area contributed by atoms with Crippen molar-refractivity contribution in [1.82, 2.24) is 10.2 Å². The van der Waals surface area contributed by atoms with Crippen LogP contribution in [0.3, 0.4) is 0 Å². The molecule has 0 aliphatic heterocycles. The van der Waals surface area contributed by atoms with Crippen LogP contribution >= 0.6 is 15.9 Å². The van der Waals surface area contributed by atoms with Crippen molar-refractivity contribution in [2.75, 3.05) is 40.3 Å². The van der Waals surface area contributed by atoms with Crippen molar-refractivity contribution in [2.45, 2.75) is 18.6 Å². The summed E-state index contributed by atoms with van der Waals surface area (Å²) in [6, 6.07) is 7.48. The number of rotatable bonds is 9. The number of halogens is 1. The zero-order valence-corrected chi connectivity index (χ0v) is 14.4. The van der Waals surface area contributed by atoms with Gasteiger partial charge in [0, 0.05) is 24.1 Å². The van der Waals surface area contributed by atoms with Gasteiger partial charge in [-0.15, -0.1) is 0 Å². The van der Waals surface area contributed by atoms with E-state index in [-0.39, 0.29) is 6.61 Å². The van der Waals surface area contributed by atoms with Gasteiger partial charge in [-0.1, -0.05) is 22.0 Å². The average Bonchev–Trinajstić information content (AvgIpc) is 2.34. The standard InChI is InChI=1S/C15H25BrN2O3/c1-15(20,11-18(2)3)10-17-8-13(19)9-21-14-6-4-5-12(16)7-14/h4-7,13,17,19-20H,8-11H2,1-3H3. The maximum absolute atomic E-state index is 10.1. The van der Waals surface area contributed by atoms with Crippen LogP contribution in [0.5, 0.6) is 5.75 Å². The van der Waals surface area contributed by atoms with Crippen LogP contribution in [0.25, 0.3) is 0 Å². The summed E-state index contributed by atoms with van der Waals surface area (Å²) in [7, 11) is 3.82. The molecule has 0 fully saturated rings. The molecule has 2 atom stereocenters. The van der Waals surface area contributed by atoms with Crippen molar-refractivity contribution in [3.05, 3.63) is 28.7 Å². The van der Waals surface area contributed by atoms with Crippen molar-refractivity contribution < 1.29 is 14.9 Å². The molecule has 120 valence electrons. The monoisotopic (exact) mass is 360 g/mol. The van der Waals surface area contributed by atoms with Crippen molar-refractivity contribution >= 4 is 15.9 Å². The van der Waals surface area contributed by atoms with Gasteiger partial charge in [-0.25, -0.2) is 0 Å². The van der Waals surface area contributed by atoms with Gasteiger partial charge < -0.3 is 25.2 Å². The Balaban J connectivity index is 2.24. The van der Waals surface area contributed by atoms with Gasteiger partial charge in [-0.05, 0) is 39.2 Å². The van der Waals surface area contributed by atoms with E-state index in [1.165, 1.54) is 0 Å². The van der Waals surface area contributed by atoms with Crippen LogP contribution in [0.1, 0.15) is 6.92 Å². The van der Waals surface area contributed by atoms with Gasteiger partial charge in [-0.3, -0.25) is 0 Å². The third kappa shape index (κ3) is 8.38. The number of nitrogens with one attached hydrogen (secondary N) is 1. The first-order valence-corrected chi connectivity index (χ1v) is 7.72. The molecule has 0 saturated carbocycles. The van der Waals surface area contributed by atoms with Crippen molar-refractivity contribution in [2.24, 2.45) is 0 Å². The fraction of sp³-hybridized carbons (Fsp3) is 0.600. The molecule has 5 nitrogen and oxygen atoms in total. The normalized spacial score (nSPS) is 15.8. The van der Waals surface area contributed by atoms with Crippen LogP contribution in [-0.4, -0.2) is 67.2 Å². The van der Waals surface area contributed by atoms with Crippen LogP contribution in [0.2, 0.25) is 0 Å². The maximum atomic E-state index is 10.1. The van der Waals surface area contributed by atoms with E-state index in [9.17, 15) is 10.2 Å². The maximum Gasteiger partial charge on any atom is 0.120 e. The predicted octanol–water partition coefficient (Wildman–Crippen LogP) is 1.09. The molecular weight excluding hydrogens is 336 g/mol. The number of likely N-dealkylation sites (N-methyl/N-ethyl adjacent to an activating group) is 1. The minimum Gasteiger partial charge on any atom is -0.491 e. The molecule has 2 unspecified atom stereocenters. The van der Waals surface area contributed by atoms with Crippen molar-refractivity contribution in [3.63, 3.8) is 0 Å². The molecule has 0 saturated heterocycles. The highest BCUT2D eigenvalue weighted by Crippen LogP contribution is 2.17. The van der Waals surface area contributed by atoms with Gasteiger partial charge >= 0.3 is 0 Å². The summed E-state index contributed by atoms with van der Waals surface area (Å²) in [4.78, 5) is 1.93. The van der Waals surface area contributed by atoms with Crippen LogP contribution in [-0.2, 0) is 0 Å². The number of nitrogens with zero attached hydrogens (tertiary/aromatic N) is 1. The second-order valence-electron chi connectivity index (χ2n) is 5.79. The first-order chi connectivity index (χ1) is 9.78. The Hall–Kier alpha value is -0.660. The highest BCUT2D eigenvalue weighted by Gasteiger charge is 2.21. The number of hydrogen-bond acceptors (Lipinski definition) is 5. The van der Waals surface area contributed by atoms with E-state index in [0.717, 1.165) is 4.47 Å². The number of ether oxygens (including phenoxy) is 1. The zero-order chi connectivity index (χ0) is 15.9. The van der Waals surface area contributed by atoms with Crippen molar-refractivity contribution in [3.8, 4) is 5.75 Å². The minimum absolute atomic E-state index is 0.208. The van der Waals surface area contributed by atoms with Gasteiger partial charge in [-0.2, -0.15) is 0 Å².